The molecule has 0 spiro atoms. The highest BCUT2D eigenvalue weighted by atomic mass is 16.6. The molecule has 1 saturated carbocycles. The van der Waals surface area contributed by atoms with Gasteiger partial charge in [-0.3, -0.25) is 14.9 Å². The van der Waals surface area contributed by atoms with Crippen LogP contribution < -0.4 is 11.1 Å². The summed E-state index contributed by atoms with van der Waals surface area (Å²) < 4.78 is 0. The van der Waals surface area contributed by atoms with Gasteiger partial charge in [-0.15, -0.1) is 0 Å². The first-order chi connectivity index (χ1) is 9.86. The fourth-order valence-corrected chi connectivity index (χ4v) is 3.22. The summed E-state index contributed by atoms with van der Waals surface area (Å²) in [7, 11) is 0. The van der Waals surface area contributed by atoms with Crippen LogP contribution in [0.5, 0.6) is 0 Å². The van der Waals surface area contributed by atoms with E-state index in [0.29, 0.717) is 17.5 Å². The first-order valence-corrected chi connectivity index (χ1v) is 7.21. The summed E-state index contributed by atoms with van der Waals surface area (Å²) >= 11 is 0. The molecule has 1 amide bonds. The Labute approximate surface area is 123 Å². The van der Waals surface area contributed by atoms with Crippen molar-refractivity contribution in [2.45, 2.75) is 39.2 Å². The number of nitrogen functional groups attached to an aromatic ring is 1. The summed E-state index contributed by atoms with van der Waals surface area (Å²) in [6.45, 7) is 4.33. The molecule has 6 heteroatoms. The normalized spacial score (nSPS) is 25.3. The van der Waals surface area contributed by atoms with Crippen LogP contribution >= 0.6 is 0 Å². The minimum Gasteiger partial charge on any atom is -0.399 e. The maximum Gasteiger partial charge on any atom is 0.282 e. The number of nitrogens with zero attached hydrogens (tertiary/aromatic N) is 1. The molecule has 1 aromatic rings. The van der Waals surface area contributed by atoms with E-state index in [1.807, 2.05) is 0 Å². The second kappa shape index (κ2) is 6.11. The molecule has 2 atom stereocenters. The Morgan fingerprint density at radius 3 is 2.48 bits per heavy atom. The Morgan fingerprint density at radius 2 is 1.90 bits per heavy atom. The van der Waals surface area contributed by atoms with E-state index in [9.17, 15) is 14.9 Å². The monoisotopic (exact) mass is 291 g/mol. The molecule has 0 saturated heterocycles. The molecule has 0 bridgehead atoms. The molecule has 1 aliphatic carbocycles. The van der Waals surface area contributed by atoms with Crippen molar-refractivity contribution >= 4 is 17.3 Å². The average Bonchev–Trinajstić information content (AvgIpc) is 2.36. The van der Waals surface area contributed by atoms with Crippen LogP contribution in [0.4, 0.5) is 11.4 Å². The summed E-state index contributed by atoms with van der Waals surface area (Å²) in [5.74, 6) is 0.685. The van der Waals surface area contributed by atoms with Gasteiger partial charge < -0.3 is 11.1 Å². The van der Waals surface area contributed by atoms with E-state index < -0.39 is 10.8 Å². The maximum atomic E-state index is 12.3. The Bertz CT molecular complexity index is 549. The molecule has 3 N–H and O–H groups in total. The number of nitro benzene ring substituents is 1. The van der Waals surface area contributed by atoms with E-state index in [2.05, 4.69) is 19.2 Å². The van der Waals surface area contributed by atoms with Crippen LogP contribution in [0.2, 0.25) is 0 Å². The number of carbonyl (C=O) groups excluding carboxylic acids is 1. The Morgan fingerprint density at radius 1 is 1.29 bits per heavy atom. The van der Waals surface area contributed by atoms with Crippen LogP contribution in [0, 0.1) is 22.0 Å². The van der Waals surface area contributed by atoms with Crippen molar-refractivity contribution in [1.29, 1.82) is 0 Å². The number of hydrogen-bond donors (Lipinski definition) is 2. The predicted octanol–water partition coefficient (Wildman–Crippen LogP) is 2.73. The Balaban J connectivity index is 2.16. The second-order valence-electron chi connectivity index (χ2n) is 6.12. The van der Waals surface area contributed by atoms with Crippen molar-refractivity contribution in [3.05, 3.63) is 33.9 Å². The molecule has 2 unspecified atom stereocenters. The lowest BCUT2D eigenvalue weighted by Gasteiger charge is -2.31. The maximum absolute atomic E-state index is 12.3. The minimum atomic E-state index is -0.555. The van der Waals surface area contributed by atoms with E-state index in [0.717, 1.165) is 19.3 Å². The summed E-state index contributed by atoms with van der Waals surface area (Å²) in [6.07, 6.45) is 2.98. The standard InChI is InChI=1S/C15H21N3O3/c1-9-5-10(2)7-12(6-9)17-15(19)13-8-11(16)3-4-14(13)18(20)21/h3-4,8-10,12H,5-7,16H2,1-2H3,(H,17,19). The van der Waals surface area contributed by atoms with Gasteiger partial charge in [-0.05, 0) is 43.2 Å². The summed E-state index contributed by atoms with van der Waals surface area (Å²) in [6, 6.07) is 4.14. The number of rotatable bonds is 3. The van der Waals surface area contributed by atoms with Gasteiger partial charge in [0.25, 0.3) is 11.6 Å². The number of nitro groups is 1. The molecule has 6 nitrogen and oxygen atoms in total. The third-order valence-electron chi connectivity index (χ3n) is 3.98. The van der Waals surface area contributed by atoms with E-state index in [1.54, 1.807) is 0 Å². The smallest absolute Gasteiger partial charge is 0.282 e. The van der Waals surface area contributed by atoms with Crippen LogP contribution in [-0.4, -0.2) is 16.9 Å². The number of nitrogens with two attached hydrogens (primary N) is 1. The lowest BCUT2D eigenvalue weighted by molar-refractivity contribution is -0.385. The zero-order valence-electron chi connectivity index (χ0n) is 12.3. The zero-order chi connectivity index (χ0) is 15.6. The number of anilines is 1. The van der Waals surface area contributed by atoms with Gasteiger partial charge in [-0.2, -0.15) is 0 Å². The topological polar surface area (TPSA) is 98.3 Å². The number of benzene rings is 1. The molecular formula is C15H21N3O3. The number of amides is 1. The van der Waals surface area contributed by atoms with Crippen molar-refractivity contribution in [2.75, 3.05) is 5.73 Å². The Kier molecular flexibility index (Phi) is 4.45. The molecule has 1 aliphatic rings. The minimum absolute atomic E-state index is 0.0332. The van der Waals surface area contributed by atoms with Gasteiger partial charge >= 0.3 is 0 Å². The van der Waals surface area contributed by atoms with E-state index in [1.165, 1.54) is 18.2 Å². The van der Waals surface area contributed by atoms with Crippen LogP contribution in [0.15, 0.2) is 18.2 Å². The van der Waals surface area contributed by atoms with Crippen molar-refractivity contribution < 1.29 is 9.72 Å². The molecule has 114 valence electrons. The quantitative estimate of drug-likeness (QED) is 0.508. The van der Waals surface area contributed by atoms with Gasteiger partial charge in [0.2, 0.25) is 0 Å². The molecule has 1 fully saturated rings. The van der Waals surface area contributed by atoms with E-state index in [-0.39, 0.29) is 17.3 Å². The lowest BCUT2D eigenvalue weighted by Crippen LogP contribution is -2.40. The van der Waals surface area contributed by atoms with E-state index in [4.69, 9.17) is 5.73 Å². The fourth-order valence-electron chi connectivity index (χ4n) is 3.22. The fraction of sp³-hybridized carbons (Fsp3) is 0.533. The third-order valence-corrected chi connectivity index (χ3v) is 3.98. The molecule has 0 heterocycles. The van der Waals surface area contributed by atoms with Gasteiger partial charge in [0.1, 0.15) is 5.56 Å². The highest BCUT2D eigenvalue weighted by molar-refractivity contribution is 5.99. The highest BCUT2D eigenvalue weighted by Crippen LogP contribution is 2.29. The number of hydrogen-bond acceptors (Lipinski definition) is 4. The molecule has 0 aliphatic heterocycles. The van der Waals surface area contributed by atoms with E-state index >= 15 is 0 Å². The van der Waals surface area contributed by atoms with Crippen LogP contribution in [0.3, 0.4) is 0 Å². The molecule has 0 radical (unpaired) electrons. The van der Waals surface area contributed by atoms with Gasteiger partial charge in [-0.25, -0.2) is 0 Å². The van der Waals surface area contributed by atoms with Gasteiger partial charge in [0, 0.05) is 17.8 Å². The van der Waals surface area contributed by atoms with Crippen molar-refractivity contribution in [2.24, 2.45) is 11.8 Å². The molecule has 2 rings (SSSR count). The number of carbonyl (C=O) groups is 1. The summed E-state index contributed by atoms with van der Waals surface area (Å²) in [5.41, 5.74) is 5.81. The van der Waals surface area contributed by atoms with Gasteiger partial charge in [0.15, 0.2) is 0 Å². The SMILES string of the molecule is CC1CC(C)CC(NC(=O)c2cc(N)ccc2[N+](=O)[O-])C1. The van der Waals surface area contributed by atoms with Gasteiger partial charge in [-0.1, -0.05) is 13.8 Å². The molecule has 1 aromatic carbocycles. The highest BCUT2D eigenvalue weighted by Gasteiger charge is 2.27. The summed E-state index contributed by atoms with van der Waals surface area (Å²) in [5, 5.41) is 13.9. The largest absolute Gasteiger partial charge is 0.399 e. The van der Waals surface area contributed by atoms with Crippen molar-refractivity contribution in [3.63, 3.8) is 0 Å². The van der Waals surface area contributed by atoms with Crippen LogP contribution in [-0.2, 0) is 0 Å². The molecule has 21 heavy (non-hydrogen) atoms. The average molecular weight is 291 g/mol. The molecular weight excluding hydrogens is 270 g/mol. The van der Waals surface area contributed by atoms with Crippen molar-refractivity contribution in [1.82, 2.24) is 5.32 Å². The third kappa shape index (κ3) is 3.71. The second-order valence-corrected chi connectivity index (χ2v) is 6.12. The van der Waals surface area contributed by atoms with Gasteiger partial charge in [0.05, 0.1) is 4.92 Å². The zero-order valence-corrected chi connectivity index (χ0v) is 12.3. The summed E-state index contributed by atoms with van der Waals surface area (Å²) in [4.78, 5) is 22.8. The lowest BCUT2D eigenvalue weighted by atomic mass is 9.80. The molecule has 0 aromatic heterocycles. The first kappa shape index (κ1) is 15.3. The Hall–Kier alpha value is -2.11. The predicted molar refractivity (Wildman–Crippen MR) is 80.9 cm³/mol. The number of nitrogens with one attached hydrogen (secondary N) is 1. The van der Waals surface area contributed by atoms with Crippen molar-refractivity contribution in [3.8, 4) is 0 Å². The van der Waals surface area contributed by atoms with Crippen LogP contribution in [0.25, 0.3) is 0 Å². The van der Waals surface area contributed by atoms with Crippen LogP contribution in [0.1, 0.15) is 43.5 Å². The first-order valence-electron chi connectivity index (χ1n) is 7.21.